The number of fused-ring (bicyclic) bond motifs is 3. The van der Waals surface area contributed by atoms with Gasteiger partial charge in [-0.25, -0.2) is 9.59 Å². The summed E-state index contributed by atoms with van der Waals surface area (Å²) in [6.07, 6.45) is 0. The number of carbonyl (C=O) groups is 2. The lowest BCUT2D eigenvalue weighted by molar-refractivity contribution is -0.587. The van der Waals surface area contributed by atoms with Crippen molar-refractivity contribution < 1.29 is 23.5 Å². The van der Waals surface area contributed by atoms with E-state index < -0.39 is 11.9 Å². The number of hydrogen-bond acceptors (Lipinski definition) is 7. The van der Waals surface area contributed by atoms with E-state index >= 15 is 0 Å². The summed E-state index contributed by atoms with van der Waals surface area (Å²) in [5, 5.41) is 0. The van der Waals surface area contributed by atoms with Crippen LogP contribution in [0.2, 0.25) is 0 Å². The topological polar surface area (TPSA) is 111 Å². The van der Waals surface area contributed by atoms with Crippen LogP contribution in [0.1, 0.15) is 21.0 Å². The van der Waals surface area contributed by atoms with Crippen molar-refractivity contribution in [1.82, 2.24) is 19.9 Å². The Hall–Kier alpha value is -5.68. The van der Waals surface area contributed by atoms with Crippen LogP contribution in [0.25, 0.3) is 43.7 Å². The van der Waals surface area contributed by atoms with Gasteiger partial charge in [0.1, 0.15) is 11.4 Å². The molecule has 0 fully saturated rings. The van der Waals surface area contributed by atoms with E-state index in [1.807, 2.05) is 12.1 Å². The van der Waals surface area contributed by atoms with E-state index in [1.54, 1.807) is 57.7 Å². The van der Waals surface area contributed by atoms with Gasteiger partial charge in [-0.2, -0.15) is 9.13 Å². The minimum atomic E-state index is -0.901. The summed E-state index contributed by atoms with van der Waals surface area (Å²) in [5.41, 5.74) is 1.52. The smallest absolute Gasteiger partial charge is 0.381 e. The van der Waals surface area contributed by atoms with Crippen LogP contribution in [0.3, 0.4) is 0 Å². The first-order chi connectivity index (χ1) is 17.1. The molecule has 4 heterocycles. The molecule has 0 amide bonds. The Bertz CT molecular complexity index is 1690. The fraction of sp³-hybridized carbons (Fsp3) is 0. The maximum atomic E-state index is 12.3. The normalized spacial score (nSPS) is 12.3. The highest BCUT2D eigenvalue weighted by Gasteiger charge is 2.42. The zero-order chi connectivity index (χ0) is 24.1. The summed E-state index contributed by atoms with van der Waals surface area (Å²) >= 11 is 0. The van der Waals surface area contributed by atoms with Crippen LogP contribution in [0.5, 0.6) is 0 Å². The van der Waals surface area contributed by atoms with Gasteiger partial charge in [0, 0.05) is 0 Å². The van der Waals surface area contributed by atoms with Crippen LogP contribution >= 0.6 is 0 Å². The lowest BCUT2D eigenvalue weighted by Gasteiger charge is -2.10. The SMILES string of the molecule is [C-]#[N+]c1nc2c(nc1[N+]#[C-])[n+](-c1ccccc1)c1nc3c(nc1[n+]2-c1ccccc1)C(=O)OC3=O. The molecule has 6 rings (SSSR count). The van der Waals surface area contributed by atoms with Crippen molar-refractivity contribution in [3.63, 3.8) is 0 Å². The van der Waals surface area contributed by atoms with Gasteiger partial charge in [-0.3, -0.25) is 0 Å². The number of cyclic esters (lactones) is 2. The third kappa shape index (κ3) is 2.90. The van der Waals surface area contributed by atoms with Gasteiger partial charge in [0.25, 0.3) is 23.0 Å². The molecular weight excluding hydrogens is 448 g/mol. The molecule has 11 heteroatoms. The second-order valence-corrected chi connectivity index (χ2v) is 7.33. The number of hydrogen-bond donors (Lipinski definition) is 0. The number of rotatable bonds is 2. The fourth-order valence-electron chi connectivity index (χ4n) is 3.88. The molecule has 0 spiro atoms. The second-order valence-electron chi connectivity index (χ2n) is 7.33. The lowest BCUT2D eigenvalue weighted by atomic mass is 10.2. The fourth-order valence-corrected chi connectivity index (χ4v) is 3.88. The van der Waals surface area contributed by atoms with E-state index in [2.05, 4.69) is 29.6 Å². The highest BCUT2D eigenvalue weighted by atomic mass is 16.6. The Balaban J connectivity index is 1.92. The van der Waals surface area contributed by atoms with Gasteiger partial charge in [0.05, 0.1) is 0 Å². The van der Waals surface area contributed by atoms with Gasteiger partial charge in [0.2, 0.25) is 0 Å². The van der Waals surface area contributed by atoms with Gasteiger partial charge in [-0.05, 0) is 24.3 Å². The van der Waals surface area contributed by atoms with Gasteiger partial charge >= 0.3 is 34.5 Å². The maximum Gasteiger partial charge on any atom is 0.386 e. The summed E-state index contributed by atoms with van der Waals surface area (Å²) < 4.78 is 7.90. The second kappa shape index (κ2) is 7.43. The average Bonchev–Trinajstić information content (AvgIpc) is 3.18. The number of nitrogens with zero attached hydrogens (tertiary/aromatic N) is 8. The third-order valence-electron chi connectivity index (χ3n) is 5.34. The number of para-hydroxylation sites is 2. The van der Waals surface area contributed by atoms with E-state index in [1.165, 1.54) is 0 Å². The van der Waals surface area contributed by atoms with E-state index in [0.717, 1.165) is 0 Å². The van der Waals surface area contributed by atoms with Crippen LogP contribution in [-0.4, -0.2) is 31.9 Å². The summed E-state index contributed by atoms with van der Waals surface area (Å²) in [6, 6.07) is 18.0. The molecule has 1 aliphatic rings. The van der Waals surface area contributed by atoms with E-state index in [4.69, 9.17) is 17.9 Å². The molecule has 1 aliphatic heterocycles. The van der Waals surface area contributed by atoms with E-state index in [-0.39, 0.29) is 45.6 Å². The summed E-state index contributed by atoms with van der Waals surface area (Å²) in [6.45, 7) is 15.0. The van der Waals surface area contributed by atoms with E-state index in [0.29, 0.717) is 11.4 Å². The van der Waals surface area contributed by atoms with Crippen molar-refractivity contribution in [3.8, 4) is 11.4 Å². The zero-order valence-corrected chi connectivity index (χ0v) is 17.6. The number of esters is 2. The molecule has 162 valence electrons. The lowest BCUT2D eigenvalue weighted by Crippen LogP contribution is -2.45. The Morgan fingerprint density at radius 1 is 0.600 bits per heavy atom. The van der Waals surface area contributed by atoms with Crippen LogP contribution in [0.15, 0.2) is 60.7 Å². The van der Waals surface area contributed by atoms with E-state index in [9.17, 15) is 9.59 Å². The minimum Gasteiger partial charge on any atom is -0.381 e. The summed E-state index contributed by atoms with van der Waals surface area (Å²) in [7, 11) is 0. The van der Waals surface area contributed by atoms with Crippen LogP contribution in [0.4, 0.5) is 11.6 Å². The van der Waals surface area contributed by atoms with Gasteiger partial charge in [0.15, 0.2) is 0 Å². The van der Waals surface area contributed by atoms with Gasteiger partial charge in [-0.1, -0.05) is 59.5 Å². The Morgan fingerprint density at radius 3 is 1.34 bits per heavy atom. The molecule has 0 bridgehead atoms. The Kier molecular flexibility index (Phi) is 4.24. The Labute approximate surface area is 196 Å². The molecule has 0 saturated heterocycles. The molecule has 35 heavy (non-hydrogen) atoms. The van der Waals surface area contributed by atoms with Crippen molar-refractivity contribution in [2.45, 2.75) is 0 Å². The monoisotopic (exact) mass is 458 g/mol. The largest absolute Gasteiger partial charge is 0.386 e. The number of benzene rings is 2. The zero-order valence-electron chi connectivity index (χ0n) is 17.6. The Morgan fingerprint density at radius 2 is 0.971 bits per heavy atom. The van der Waals surface area contributed by atoms with Gasteiger partial charge < -0.3 is 14.4 Å². The van der Waals surface area contributed by atoms with Crippen molar-refractivity contribution in [3.05, 3.63) is 94.9 Å². The predicted molar refractivity (Wildman–Crippen MR) is 118 cm³/mol. The molecular formula is C24H10N8O3+2. The minimum absolute atomic E-state index is 0.179. The summed E-state index contributed by atoms with van der Waals surface area (Å²) in [4.78, 5) is 49.2. The van der Waals surface area contributed by atoms with Crippen LogP contribution < -0.4 is 9.13 Å². The van der Waals surface area contributed by atoms with Crippen LogP contribution in [-0.2, 0) is 4.74 Å². The van der Waals surface area contributed by atoms with Crippen molar-refractivity contribution >= 4 is 46.2 Å². The first kappa shape index (κ1) is 20.0. The highest BCUT2D eigenvalue weighted by Crippen LogP contribution is 2.27. The molecule has 0 atom stereocenters. The number of ether oxygens (including phenoxy) is 1. The predicted octanol–water partition coefficient (Wildman–Crippen LogP) is 2.54. The quantitative estimate of drug-likeness (QED) is 0.131. The third-order valence-corrected chi connectivity index (χ3v) is 5.34. The summed E-state index contributed by atoms with van der Waals surface area (Å²) in [5.74, 6) is -2.16. The first-order valence-electron chi connectivity index (χ1n) is 10.2. The van der Waals surface area contributed by atoms with Crippen molar-refractivity contribution in [2.24, 2.45) is 0 Å². The molecule has 5 aromatic rings. The van der Waals surface area contributed by atoms with Crippen molar-refractivity contribution in [1.29, 1.82) is 0 Å². The molecule has 0 saturated carbocycles. The average molecular weight is 458 g/mol. The molecule has 0 aliphatic carbocycles. The van der Waals surface area contributed by atoms with Crippen LogP contribution in [0, 0.1) is 13.1 Å². The molecule has 2 aromatic carbocycles. The number of aromatic nitrogens is 6. The maximum absolute atomic E-state index is 12.3. The molecule has 0 unspecified atom stereocenters. The molecule has 0 N–H and O–H groups in total. The highest BCUT2D eigenvalue weighted by molar-refractivity contribution is 6.13. The standard InChI is InChI=1S/C24H10N8O3/c1-25-17-18(26-2)30-22-21(29-17)31(13-9-5-3-6-10-13)19-20(32(22)14-11-7-4-8-12-14)28-16-15(27-19)23(33)35-24(16)34/h3-12H/q+2. The van der Waals surface area contributed by atoms with Gasteiger partial charge in [-0.15, -0.1) is 9.97 Å². The molecule has 3 aromatic heterocycles. The molecule has 0 radical (unpaired) electrons. The van der Waals surface area contributed by atoms with Crippen molar-refractivity contribution in [2.75, 3.05) is 0 Å². The molecule has 11 nitrogen and oxygen atoms in total. The first-order valence-corrected chi connectivity index (χ1v) is 10.2. The number of carbonyl (C=O) groups excluding carboxylic acids is 2.